The fourth-order valence-electron chi connectivity index (χ4n) is 1.40. The van der Waals surface area contributed by atoms with Gasteiger partial charge in [0.25, 0.3) is 0 Å². The van der Waals surface area contributed by atoms with Gasteiger partial charge < -0.3 is 18.9 Å². The van der Waals surface area contributed by atoms with Crippen LogP contribution in [0.5, 0.6) is 11.5 Å². The molecule has 1 saturated heterocycles. The van der Waals surface area contributed by atoms with Crippen molar-refractivity contribution in [3.63, 3.8) is 0 Å². The van der Waals surface area contributed by atoms with E-state index in [1.165, 1.54) is 0 Å². The van der Waals surface area contributed by atoms with E-state index < -0.39 is 0 Å². The molecule has 1 heterocycles. The molecule has 0 N–H and O–H groups in total. The van der Waals surface area contributed by atoms with Gasteiger partial charge in [-0.15, -0.1) is 0 Å². The zero-order valence-electron chi connectivity index (χ0n) is 10.2. The third-order valence-electron chi connectivity index (χ3n) is 2.45. The first-order valence-corrected chi connectivity index (χ1v) is 5.74. The molecule has 0 amide bonds. The molecular formula is C13H15NO4. The van der Waals surface area contributed by atoms with E-state index in [2.05, 4.69) is 6.07 Å². The Bertz CT molecular complexity index is 437. The van der Waals surface area contributed by atoms with E-state index in [0.717, 1.165) is 6.61 Å². The lowest BCUT2D eigenvalue weighted by molar-refractivity contribution is 0.146. The highest BCUT2D eigenvalue weighted by atomic mass is 16.6. The summed E-state index contributed by atoms with van der Waals surface area (Å²) in [6.45, 7) is 2.19. The molecule has 5 nitrogen and oxygen atoms in total. The van der Waals surface area contributed by atoms with Gasteiger partial charge in [-0.3, -0.25) is 0 Å². The number of ether oxygens (including phenoxy) is 4. The Labute approximate surface area is 106 Å². The first-order chi connectivity index (χ1) is 8.83. The third kappa shape index (κ3) is 3.62. The summed E-state index contributed by atoms with van der Waals surface area (Å²) >= 11 is 0. The number of epoxide rings is 1. The minimum atomic E-state index is 0.175. The predicted molar refractivity (Wildman–Crippen MR) is 63.8 cm³/mol. The molecule has 1 fully saturated rings. The maximum absolute atomic E-state index is 9.05. The second kappa shape index (κ2) is 6.24. The molecule has 1 aliphatic heterocycles. The van der Waals surface area contributed by atoms with Crippen molar-refractivity contribution in [3.05, 3.63) is 23.8 Å². The second-order valence-electron chi connectivity index (χ2n) is 3.88. The number of nitriles is 1. The molecule has 1 atom stereocenters. The molecule has 0 spiro atoms. The van der Waals surface area contributed by atoms with Crippen LogP contribution >= 0.6 is 0 Å². The van der Waals surface area contributed by atoms with Gasteiger partial charge in [0.1, 0.15) is 36.9 Å². The van der Waals surface area contributed by atoms with Gasteiger partial charge in [-0.2, -0.15) is 5.26 Å². The average Bonchev–Trinajstić information content (AvgIpc) is 3.21. The van der Waals surface area contributed by atoms with Crippen molar-refractivity contribution in [2.75, 3.05) is 33.5 Å². The Morgan fingerprint density at radius 2 is 2.22 bits per heavy atom. The van der Waals surface area contributed by atoms with E-state index in [9.17, 15) is 0 Å². The Kier molecular flexibility index (Phi) is 4.40. The van der Waals surface area contributed by atoms with Crippen LogP contribution in [0.1, 0.15) is 5.56 Å². The minimum absolute atomic E-state index is 0.175. The van der Waals surface area contributed by atoms with Crippen molar-refractivity contribution in [2.24, 2.45) is 0 Å². The molecule has 0 bridgehead atoms. The van der Waals surface area contributed by atoms with Crippen molar-refractivity contribution in [1.82, 2.24) is 0 Å². The fraction of sp³-hybridized carbons (Fsp3) is 0.462. The van der Waals surface area contributed by atoms with Gasteiger partial charge in [-0.05, 0) is 12.1 Å². The molecular weight excluding hydrogens is 234 g/mol. The zero-order valence-corrected chi connectivity index (χ0v) is 10.2. The zero-order chi connectivity index (χ0) is 12.8. The van der Waals surface area contributed by atoms with Crippen molar-refractivity contribution >= 4 is 0 Å². The fourth-order valence-corrected chi connectivity index (χ4v) is 1.40. The first kappa shape index (κ1) is 12.7. The SMILES string of the molecule is COCCOc1ccc(OCC2CO2)c(C#N)c1. The van der Waals surface area contributed by atoms with Gasteiger partial charge in [0.15, 0.2) is 0 Å². The lowest BCUT2D eigenvalue weighted by atomic mass is 10.2. The Hall–Kier alpha value is -1.77. The van der Waals surface area contributed by atoms with Gasteiger partial charge in [-0.25, -0.2) is 0 Å². The summed E-state index contributed by atoms with van der Waals surface area (Å²) in [6.07, 6.45) is 0.175. The van der Waals surface area contributed by atoms with Gasteiger partial charge in [-0.1, -0.05) is 0 Å². The first-order valence-electron chi connectivity index (χ1n) is 5.74. The van der Waals surface area contributed by atoms with Crippen LogP contribution < -0.4 is 9.47 Å². The van der Waals surface area contributed by atoms with E-state index in [0.29, 0.717) is 36.9 Å². The van der Waals surface area contributed by atoms with E-state index in [1.54, 1.807) is 25.3 Å². The summed E-state index contributed by atoms with van der Waals surface area (Å²) in [5.74, 6) is 1.20. The second-order valence-corrected chi connectivity index (χ2v) is 3.88. The summed E-state index contributed by atoms with van der Waals surface area (Å²) in [6, 6.07) is 7.28. The third-order valence-corrected chi connectivity index (χ3v) is 2.45. The summed E-state index contributed by atoms with van der Waals surface area (Å²) in [4.78, 5) is 0. The van der Waals surface area contributed by atoms with Crippen molar-refractivity contribution < 1.29 is 18.9 Å². The van der Waals surface area contributed by atoms with Crippen molar-refractivity contribution in [3.8, 4) is 17.6 Å². The van der Waals surface area contributed by atoms with E-state index in [4.69, 9.17) is 24.2 Å². The number of hydrogen-bond donors (Lipinski definition) is 0. The van der Waals surface area contributed by atoms with Gasteiger partial charge in [0.2, 0.25) is 0 Å². The lowest BCUT2D eigenvalue weighted by Crippen LogP contribution is -2.06. The van der Waals surface area contributed by atoms with Crippen molar-refractivity contribution in [2.45, 2.75) is 6.10 Å². The van der Waals surface area contributed by atoms with Gasteiger partial charge in [0, 0.05) is 13.2 Å². The topological polar surface area (TPSA) is 64.0 Å². The maximum atomic E-state index is 9.05. The van der Waals surface area contributed by atoms with Crippen LogP contribution in [0.15, 0.2) is 18.2 Å². The largest absolute Gasteiger partial charge is 0.491 e. The minimum Gasteiger partial charge on any atom is -0.491 e. The molecule has 0 aromatic heterocycles. The van der Waals surface area contributed by atoms with E-state index in [-0.39, 0.29) is 6.10 Å². The van der Waals surface area contributed by atoms with Crippen molar-refractivity contribution in [1.29, 1.82) is 5.26 Å². The van der Waals surface area contributed by atoms with Crippen LogP contribution in [0.2, 0.25) is 0 Å². The molecule has 5 heteroatoms. The predicted octanol–water partition coefficient (Wildman–Crippen LogP) is 1.36. The number of benzene rings is 1. The van der Waals surface area contributed by atoms with Crippen LogP contribution in [0, 0.1) is 11.3 Å². The van der Waals surface area contributed by atoms with Gasteiger partial charge in [0.05, 0.1) is 18.8 Å². The van der Waals surface area contributed by atoms with Crippen LogP contribution in [0.3, 0.4) is 0 Å². The van der Waals surface area contributed by atoms with Crippen LogP contribution in [-0.2, 0) is 9.47 Å². The maximum Gasteiger partial charge on any atom is 0.137 e. The van der Waals surface area contributed by atoms with E-state index >= 15 is 0 Å². The monoisotopic (exact) mass is 249 g/mol. The summed E-state index contributed by atoms with van der Waals surface area (Å²) in [5, 5.41) is 9.05. The molecule has 18 heavy (non-hydrogen) atoms. The van der Waals surface area contributed by atoms with Crippen LogP contribution in [0.4, 0.5) is 0 Å². The highest BCUT2D eigenvalue weighted by molar-refractivity contribution is 5.47. The smallest absolute Gasteiger partial charge is 0.137 e. The molecule has 96 valence electrons. The summed E-state index contributed by atoms with van der Waals surface area (Å²) in [7, 11) is 1.61. The quantitative estimate of drug-likeness (QED) is 0.539. The molecule has 0 saturated carbocycles. The lowest BCUT2D eigenvalue weighted by Gasteiger charge is -2.09. The average molecular weight is 249 g/mol. The Morgan fingerprint density at radius 1 is 1.39 bits per heavy atom. The highest BCUT2D eigenvalue weighted by Crippen LogP contribution is 2.24. The summed E-state index contributed by atoms with van der Waals surface area (Å²) in [5.41, 5.74) is 0.463. The molecule has 1 aliphatic rings. The number of nitrogens with zero attached hydrogens (tertiary/aromatic N) is 1. The normalized spacial score (nSPS) is 17.0. The van der Waals surface area contributed by atoms with E-state index in [1.807, 2.05) is 0 Å². The molecule has 0 aliphatic carbocycles. The molecule has 1 aromatic rings. The standard InChI is InChI=1S/C13H15NO4/c1-15-4-5-16-11-2-3-13(10(6-11)7-14)18-9-12-8-17-12/h2-3,6,12H,4-5,8-9H2,1H3. The van der Waals surface area contributed by atoms with Crippen LogP contribution in [-0.4, -0.2) is 39.6 Å². The molecule has 2 rings (SSSR count). The number of rotatable bonds is 7. The summed E-state index contributed by atoms with van der Waals surface area (Å²) < 4.78 is 20.9. The number of hydrogen-bond acceptors (Lipinski definition) is 5. The molecule has 1 unspecified atom stereocenters. The Morgan fingerprint density at radius 3 is 2.89 bits per heavy atom. The molecule has 0 radical (unpaired) electrons. The van der Waals surface area contributed by atoms with Gasteiger partial charge >= 0.3 is 0 Å². The highest BCUT2D eigenvalue weighted by Gasteiger charge is 2.23. The molecule has 1 aromatic carbocycles. The Balaban J connectivity index is 1.95. The number of methoxy groups -OCH3 is 1. The van der Waals surface area contributed by atoms with Crippen LogP contribution in [0.25, 0.3) is 0 Å².